The Morgan fingerprint density at radius 3 is 2.63 bits per heavy atom. The standard InChI is InChI=1S/C14H12Cl2FNO/c15-10-4-5-12(9(8-10)6-7-18)19-13-3-1-2-11(16)14(13)17/h1-5,8H,6-7,18H2. The van der Waals surface area contributed by atoms with Crippen LogP contribution in [0.25, 0.3) is 0 Å². The first-order valence-corrected chi connectivity index (χ1v) is 6.47. The Balaban J connectivity index is 2.35. The van der Waals surface area contributed by atoms with Gasteiger partial charge in [-0.1, -0.05) is 29.3 Å². The molecule has 0 heterocycles. The highest BCUT2D eigenvalue weighted by molar-refractivity contribution is 6.31. The largest absolute Gasteiger partial charge is 0.454 e. The van der Waals surface area contributed by atoms with Crippen LogP contribution in [0.5, 0.6) is 11.5 Å². The van der Waals surface area contributed by atoms with Crippen molar-refractivity contribution in [3.63, 3.8) is 0 Å². The van der Waals surface area contributed by atoms with Gasteiger partial charge in [0.05, 0.1) is 5.02 Å². The van der Waals surface area contributed by atoms with E-state index >= 15 is 0 Å². The van der Waals surface area contributed by atoms with E-state index in [0.29, 0.717) is 23.7 Å². The molecule has 0 atom stereocenters. The quantitative estimate of drug-likeness (QED) is 0.906. The molecule has 100 valence electrons. The lowest BCUT2D eigenvalue weighted by Gasteiger charge is -2.12. The van der Waals surface area contributed by atoms with Crippen molar-refractivity contribution in [1.29, 1.82) is 0 Å². The zero-order valence-corrected chi connectivity index (χ0v) is 11.5. The van der Waals surface area contributed by atoms with E-state index in [0.717, 1.165) is 5.56 Å². The fourth-order valence-corrected chi connectivity index (χ4v) is 2.04. The van der Waals surface area contributed by atoms with E-state index in [4.69, 9.17) is 33.7 Å². The lowest BCUT2D eigenvalue weighted by Crippen LogP contribution is -2.04. The summed E-state index contributed by atoms with van der Waals surface area (Å²) in [5, 5.41) is 0.606. The number of halogens is 3. The summed E-state index contributed by atoms with van der Waals surface area (Å²) in [6.45, 7) is 0.453. The van der Waals surface area contributed by atoms with E-state index in [-0.39, 0.29) is 10.8 Å². The second-order valence-electron chi connectivity index (χ2n) is 3.94. The number of nitrogens with two attached hydrogens (primary N) is 1. The van der Waals surface area contributed by atoms with E-state index in [9.17, 15) is 4.39 Å². The van der Waals surface area contributed by atoms with Crippen LogP contribution in [-0.2, 0) is 6.42 Å². The third-order valence-corrected chi connectivity index (χ3v) is 3.10. The van der Waals surface area contributed by atoms with Crippen molar-refractivity contribution < 1.29 is 9.13 Å². The molecule has 0 aliphatic heterocycles. The Kier molecular flexibility index (Phi) is 4.64. The minimum Gasteiger partial charge on any atom is -0.454 e. The SMILES string of the molecule is NCCc1cc(Cl)ccc1Oc1cccc(Cl)c1F. The van der Waals surface area contributed by atoms with Crippen LogP contribution in [0.2, 0.25) is 10.0 Å². The molecule has 0 aliphatic carbocycles. The van der Waals surface area contributed by atoms with Crippen molar-refractivity contribution in [2.75, 3.05) is 6.54 Å². The van der Waals surface area contributed by atoms with Crippen LogP contribution in [0.4, 0.5) is 4.39 Å². The fourth-order valence-electron chi connectivity index (χ4n) is 1.68. The third-order valence-electron chi connectivity index (χ3n) is 2.57. The predicted molar refractivity (Wildman–Crippen MR) is 75.7 cm³/mol. The topological polar surface area (TPSA) is 35.2 Å². The van der Waals surface area contributed by atoms with Crippen molar-refractivity contribution in [1.82, 2.24) is 0 Å². The lowest BCUT2D eigenvalue weighted by atomic mass is 10.1. The van der Waals surface area contributed by atoms with Crippen LogP contribution in [0.1, 0.15) is 5.56 Å². The van der Waals surface area contributed by atoms with Gasteiger partial charge in [-0.2, -0.15) is 0 Å². The summed E-state index contributed by atoms with van der Waals surface area (Å²) < 4.78 is 19.3. The second kappa shape index (κ2) is 6.24. The molecule has 19 heavy (non-hydrogen) atoms. The van der Waals surface area contributed by atoms with Gasteiger partial charge in [0.15, 0.2) is 11.6 Å². The summed E-state index contributed by atoms with van der Waals surface area (Å²) in [4.78, 5) is 0. The molecule has 0 saturated carbocycles. The summed E-state index contributed by atoms with van der Waals surface area (Å²) in [6.07, 6.45) is 0.595. The van der Waals surface area contributed by atoms with Gasteiger partial charge >= 0.3 is 0 Å². The maximum Gasteiger partial charge on any atom is 0.184 e. The second-order valence-corrected chi connectivity index (χ2v) is 4.79. The van der Waals surface area contributed by atoms with Gasteiger partial charge in [-0.3, -0.25) is 0 Å². The van der Waals surface area contributed by atoms with Crippen molar-refractivity contribution in [3.05, 3.63) is 57.8 Å². The molecular weight excluding hydrogens is 288 g/mol. The van der Waals surface area contributed by atoms with E-state index in [1.807, 2.05) is 0 Å². The van der Waals surface area contributed by atoms with Gasteiger partial charge in [-0.25, -0.2) is 4.39 Å². The minimum absolute atomic E-state index is 0.0202. The molecule has 2 N–H and O–H groups in total. The zero-order chi connectivity index (χ0) is 13.8. The molecule has 2 rings (SSSR count). The van der Waals surface area contributed by atoms with Crippen LogP contribution < -0.4 is 10.5 Å². The Bertz CT molecular complexity index is 590. The minimum atomic E-state index is -0.585. The number of ether oxygens (including phenoxy) is 1. The van der Waals surface area contributed by atoms with Gasteiger partial charge in [-0.05, 0) is 48.9 Å². The first-order valence-electron chi connectivity index (χ1n) is 5.72. The Morgan fingerprint density at radius 2 is 1.89 bits per heavy atom. The van der Waals surface area contributed by atoms with Gasteiger partial charge in [0.1, 0.15) is 5.75 Å². The monoisotopic (exact) mass is 299 g/mol. The maximum atomic E-state index is 13.8. The third kappa shape index (κ3) is 3.38. The number of rotatable bonds is 4. The van der Waals surface area contributed by atoms with Crippen LogP contribution in [0.3, 0.4) is 0 Å². The molecule has 2 aromatic rings. The number of benzene rings is 2. The van der Waals surface area contributed by atoms with Crippen LogP contribution in [-0.4, -0.2) is 6.54 Å². The molecule has 2 nitrogen and oxygen atoms in total. The van der Waals surface area contributed by atoms with E-state index in [2.05, 4.69) is 0 Å². The fraction of sp³-hybridized carbons (Fsp3) is 0.143. The Labute approximate surface area is 120 Å². The zero-order valence-electron chi connectivity index (χ0n) is 10.00. The summed E-state index contributed by atoms with van der Waals surface area (Å²) in [6, 6.07) is 9.73. The molecule has 0 fully saturated rings. The molecule has 0 unspecified atom stereocenters. The van der Waals surface area contributed by atoms with Crippen LogP contribution in [0.15, 0.2) is 36.4 Å². The smallest absolute Gasteiger partial charge is 0.184 e. The number of hydrogen-bond acceptors (Lipinski definition) is 2. The molecular formula is C14H12Cl2FNO. The van der Waals surface area contributed by atoms with Gasteiger partial charge in [-0.15, -0.1) is 0 Å². The molecule has 0 aromatic heterocycles. The van der Waals surface area contributed by atoms with Gasteiger partial charge in [0.2, 0.25) is 0 Å². The molecule has 0 amide bonds. The lowest BCUT2D eigenvalue weighted by molar-refractivity contribution is 0.438. The highest BCUT2D eigenvalue weighted by Gasteiger charge is 2.11. The van der Waals surface area contributed by atoms with E-state index in [1.165, 1.54) is 12.1 Å². The first kappa shape index (κ1) is 14.1. The molecule has 0 aliphatic rings. The maximum absolute atomic E-state index is 13.8. The van der Waals surface area contributed by atoms with E-state index in [1.54, 1.807) is 24.3 Å². The molecule has 0 bridgehead atoms. The normalized spacial score (nSPS) is 10.5. The Morgan fingerprint density at radius 1 is 1.11 bits per heavy atom. The summed E-state index contributed by atoms with van der Waals surface area (Å²) in [5.74, 6) is 0.0157. The molecule has 2 aromatic carbocycles. The average molecular weight is 300 g/mol. The molecule has 0 saturated heterocycles. The van der Waals surface area contributed by atoms with Gasteiger partial charge in [0.25, 0.3) is 0 Å². The summed E-state index contributed by atoms with van der Waals surface area (Å²) >= 11 is 11.6. The Hall–Kier alpha value is -1.29. The highest BCUT2D eigenvalue weighted by Crippen LogP contribution is 2.32. The first-order chi connectivity index (χ1) is 9.11. The van der Waals surface area contributed by atoms with Crippen LogP contribution >= 0.6 is 23.2 Å². The molecule has 5 heteroatoms. The number of hydrogen-bond donors (Lipinski definition) is 1. The summed E-state index contributed by atoms with van der Waals surface area (Å²) in [5.41, 5.74) is 6.36. The highest BCUT2D eigenvalue weighted by atomic mass is 35.5. The van der Waals surface area contributed by atoms with Gasteiger partial charge in [0, 0.05) is 5.02 Å². The van der Waals surface area contributed by atoms with Gasteiger partial charge < -0.3 is 10.5 Å². The summed E-state index contributed by atoms with van der Waals surface area (Å²) in [7, 11) is 0. The van der Waals surface area contributed by atoms with Crippen molar-refractivity contribution in [2.24, 2.45) is 5.73 Å². The predicted octanol–water partition coefficient (Wildman–Crippen LogP) is 4.43. The van der Waals surface area contributed by atoms with Crippen molar-refractivity contribution >= 4 is 23.2 Å². The van der Waals surface area contributed by atoms with E-state index < -0.39 is 5.82 Å². The van der Waals surface area contributed by atoms with Crippen LogP contribution in [0, 0.1) is 5.82 Å². The van der Waals surface area contributed by atoms with Crippen molar-refractivity contribution in [3.8, 4) is 11.5 Å². The molecule has 0 radical (unpaired) electrons. The van der Waals surface area contributed by atoms with Crippen molar-refractivity contribution in [2.45, 2.75) is 6.42 Å². The average Bonchev–Trinajstić information content (AvgIpc) is 2.38. The molecule has 0 spiro atoms.